The Morgan fingerprint density at radius 2 is 2.39 bits per heavy atom. The van der Waals surface area contributed by atoms with Crippen molar-refractivity contribution in [2.75, 3.05) is 5.32 Å². The van der Waals surface area contributed by atoms with Gasteiger partial charge in [-0.05, 0) is 42.4 Å². The molecule has 1 saturated carbocycles. The van der Waals surface area contributed by atoms with Crippen LogP contribution in [0.3, 0.4) is 0 Å². The van der Waals surface area contributed by atoms with Gasteiger partial charge in [0.05, 0.1) is 0 Å². The summed E-state index contributed by atoms with van der Waals surface area (Å²) in [5.41, 5.74) is 0. The molecular weight excluding hydrogens is 282 g/mol. The Balaban J connectivity index is 1.43. The third-order valence-electron chi connectivity index (χ3n) is 2.94. The van der Waals surface area contributed by atoms with Crippen LogP contribution in [0.2, 0.25) is 0 Å². The molecule has 2 aromatic heterocycles. The largest absolute Gasteiger partial charge is 0.359 e. The van der Waals surface area contributed by atoms with Crippen LogP contribution in [0, 0.1) is 5.92 Å². The zero-order valence-corrected chi connectivity index (χ0v) is 12.1. The first-order chi connectivity index (χ1) is 8.81. The van der Waals surface area contributed by atoms with Crippen LogP contribution in [-0.2, 0) is 6.42 Å². The molecule has 0 aliphatic heterocycles. The minimum atomic E-state index is 0.520. The molecule has 0 radical (unpaired) electrons. The Hall–Kier alpha value is -0.980. The summed E-state index contributed by atoms with van der Waals surface area (Å²) < 4.78 is 0. The number of thiocarbonyl (C=S) groups is 1. The van der Waals surface area contributed by atoms with Gasteiger partial charge in [-0.3, -0.25) is 0 Å². The summed E-state index contributed by atoms with van der Waals surface area (Å²) >= 11 is 8.65. The van der Waals surface area contributed by atoms with E-state index in [-0.39, 0.29) is 0 Å². The number of aromatic nitrogens is 1. The number of thiazole rings is 1. The summed E-state index contributed by atoms with van der Waals surface area (Å²) in [6.07, 6.45) is 4.14. The summed E-state index contributed by atoms with van der Waals surface area (Å²) in [4.78, 5) is 5.61. The molecule has 0 aromatic carbocycles. The van der Waals surface area contributed by atoms with Crippen LogP contribution < -0.4 is 10.6 Å². The van der Waals surface area contributed by atoms with Crippen molar-refractivity contribution in [1.29, 1.82) is 0 Å². The van der Waals surface area contributed by atoms with Crippen molar-refractivity contribution in [3.8, 4) is 0 Å². The normalized spacial score (nSPS) is 21.6. The SMILES string of the molecule is S=C(Nc1nccs1)NC1CC1Cc1cccs1. The highest BCUT2D eigenvalue weighted by molar-refractivity contribution is 7.80. The van der Waals surface area contributed by atoms with Crippen LogP contribution in [0.1, 0.15) is 11.3 Å². The molecule has 2 heterocycles. The molecule has 2 aromatic rings. The number of hydrogen-bond acceptors (Lipinski definition) is 4. The molecular formula is C12H13N3S3. The molecule has 3 rings (SSSR count). The monoisotopic (exact) mass is 295 g/mol. The van der Waals surface area contributed by atoms with E-state index in [4.69, 9.17) is 12.2 Å². The van der Waals surface area contributed by atoms with E-state index in [1.54, 1.807) is 17.5 Å². The van der Waals surface area contributed by atoms with Gasteiger partial charge >= 0.3 is 0 Å². The fraction of sp³-hybridized carbons (Fsp3) is 0.333. The van der Waals surface area contributed by atoms with Crippen molar-refractivity contribution < 1.29 is 0 Å². The lowest BCUT2D eigenvalue weighted by Crippen LogP contribution is -2.31. The lowest BCUT2D eigenvalue weighted by molar-refractivity contribution is 0.754. The number of hydrogen-bond donors (Lipinski definition) is 2. The average molecular weight is 295 g/mol. The molecule has 1 aliphatic carbocycles. The highest BCUT2D eigenvalue weighted by Gasteiger charge is 2.37. The second-order valence-corrected chi connectivity index (χ2v) is 6.66. The van der Waals surface area contributed by atoms with E-state index in [1.165, 1.54) is 11.3 Å². The van der Waals surface area contributed by atoms with Crippen molar-refractivity contribution >= 4 is 45.1 Å². The molecule has 1 fully saturated rings. The minimum Gasteiger partial charge on any atom is -0.359 e. The van der Waals surface area contributed by atoms with Crippen LogP contribution >= 0.6 is 34.9 Å². The Kier molecular flexibility index (Phi) is 3.58. The van der Waals surface area contributed by atoms with Crippen LogP contribution in [0.4, 0.5) is 5.13 Å². The molecule has 94 valence electrons. The molecule has 1 aliphatic rings. The van der Waals surface area contributed by atoms with Gasteiger partial charge in [0.25, 0.3) is 0 Å². The molecule has 2 unspecified atom stereocenters. The Morgan fingerprint density at radius 3 is 3.11 bits per heavy atom. The van der Waals surface area contributed by atoms with E-state index < -0.39 is 0 Å². The van der Waals surface area contributed by atoms with Crippen molar-refractivity contribution in [3.05, 3.63) is 34.0 Å². The Morgan fingerprint density at radius 1 is 1.44 bits per heavy atom. The summed E-state index contributed by atoms with van der Waals surface area (Å²) in [5.74, 6) is 0.722. The zero-order chi connectivity index (χ0) is 12.4. The third kappa shape index (κ3) is 3.07. The van der Waals surface area contributed by atoms with Gasteiger partial charge in [0.2, 0.25) is 0 Å². The molecule has 18 heavy (non-hydrogen) atoms. The highest BCUT2D eigenvalue weighted by Crippen LogP contribution is 2.34. The van der Waals surface area contributed by atoms with E-state index in [1.807, 2.05) is 16.7 Å². The standard InChI is InChI=1S/C12H13N3S3/c16-11(15-12-13-3-5-18-12)14-10-7-8(10)6-9-2-1-4-17-9/h1-5,8,10H,6-7H2,(H2,13,14,15,16). The van der Waals surface area contributed by atoms with E-state index in [9.17, 15) is 0 Å². The predicted octanol–water partition coefficient (Wildman–Crippen LogP) is 3.12. The maximum Gasteiger partial charge on any atom is 0.188 e. The van der Waals surface area contributed by atoms with Crippen LogP contribution in [0.5, 0.6) is 0 Å². The second-order valence-electron chi connectivity index (χ2n) is 4.32. The molecule has 0 amide bonds. The molecule has 0 bridgehead atoms. The van der Waals surface area contributed by atoms with Gasteiger partial charge in [-0.25, -0.2) is 4.98 Å². The number of anilines is 1. The lowest BCUT2D eigenvalue weighted by Gasteiger charge is -2.07. The quantitative estimate of drug-likeness (QED) is 0.850. The van der Waals surface area contributed by atoms with Gasteiger partial charge in [0.15, 0.2) is 10.2 Å². The van der Waals surface area contributed by atoms with Crippen molar-refractivity contribution in [1.82, 2.24) is 10.3 Å². The summed E-state index contributed by atoms with van der Waals surface area (Å²) in [5, 5.41) is 12.0. The van der Waals surface area contributed by atoms with E-state index >= 15 is 0 Å². The second kappa shape index (κ2) is 5.34. The summed E-state index contributed by atoms with van der Waals surface area (Å²) in [6.45, 7) is 0. The first kappa shape index (κ1) is 12.1. The minimum absolute atomic E-state index is 0.520. The lowest BCUT2D eigenvalue weighted by atomic mass is 10.2. The molecule has 2 N–H and O–H groups in total. The van der Waals surface area contributed by atoms with E-state index in [0.29, 0.717) is 11.2 Å². The first-order valence-corrected chi connectivity index (χ1v) is 7.97. The third-order valence-corrected chi connectivity index (χ3v) is 4.74. The summed E-state index contributed by atoms with van der Waals surface area (Å²) in [7, 11) is 0. The maximum atomic E-state index is 5.27. The molecule has 3 nitrogen and oxygen atoms in total. The molecule has 2 atom stereocenters. The zero-order valence-electron chi connectivity index (χ0n) is 9.63. The predicted molar refractivity (Wildman–Crippen MR) is 81.4 cm³/mol. The van der Waals surface area contributed by atoms with Gasteiger partial charge in [-0.15, -0.1) is 22.7 Å². The van der Waals surface area contributed by atoms with E-state index in [2.05, 4.69) is 33.1 Å². The number of thiophene rings is 1. The summed E-state index contributed by atoms with van der Waals surface area (Å²) in [6, 6.07) is 4.83. The van der Waals surface area contributed by atoms with Gasteiger partial charge in [0, 0.05) is 22.5 Å². The molecule has 6 heteroatoms. The van der Waals surface area contributed by atoms with Crippen LogP contribution in [0.15, 0.2) is 29.1 Å². The molecule has 0 spiro atoms. The van der Waals surface area contributed by atoms with Crippen molar-refractivity contribution in [2.45, 2.75) is 18.9 Å². The van der Waals surface area contributed by atoms with E-state index in [0.717, 1.165) is 17.5 Å². The van der Waals surface area contributed by atoms with Crippen molar-refractivity contribution in [3.63, 3.8) is 0 Å². The van der Waals surface area contributed by atoms with Crippen LogP contribution in [0.25, 0.3) is 0 Å². The molecule has 0 saturated heterocycles. The first-order valence-electron chi connectivity index (χ1n) is 5.80. The fourth-order valence-electron chi connectivity index (χ4n) is 1.92. The fourth-order valence-corrected chi connectivity index (χ4v) is 3.57. The number of nitrogens with one attached hydrogen (secondary N) is 2. The van der Waals surface area contributed by atoms with Gasteiger partial charge in [-0.2, -0.15) is 0 Å². The van der Waals surface area contributed by atoms with Gasteiger partial charge < -0.3 is 10.6 Å². The maximum absolute atomic E-state index is 5.27. The van der Waals surface area contributed by atoms with Crippen LogP contribution in [-0.4, -0.2) is 16.1 Å². The highest BCUT2D eigenvalue weighted by atomic mass is 32.1. The van der Waals surface area contributed by atoms with Gasteiger partial charge in [-0.1, -0.05) is 6.07 Å². The Bertz CT molecular complexity index is 507. The number of rotatable bonds is 4. The topological polar surface area (TPSA) is 37.0 Å². The van der Waals surface area contributed by atoms with Gasteiger partial charge in [0.1, 0.15) is 0 Å². The smallest absolute Gasteiger partial charge is 0.188 e. The Labute approximate surface area is 119 Å². The average Bonchev–Trinajstić information content (AvgIpc) is 2.78. The van der Waals surface area contributed by atoms with Crippen molar-refractivity contribution in [2.24, 2.45) is 5.92 Å². The number of nitrogens with zero attached hydrogens (tertiary/aromatic N) is 1.